The molecule has 7 nitrogen and oxygen atoms in total. The van der Waals surface area contributed by atoms with Crippen molar-refractivity contribution in [2.24, 2.45) is 0 Å². The molecule has 0 amide bonds. The highest BCUT2D eigenvalue weighted by Crippen LogP contribution is 2.34. The second kappa shape index (κ2) is 10.9. The molecule has 0 radical (unpaired) electrons. The number of esters is 1. The third-order valence-electron chi connectivity index (χ3n) is 4.53. The highest BCUT2D eigenvalue weighted by Gasteiger charge is 2.16. The lowest BCUT2D eigenvalue weighted by Gasteiger charge is -2.11. The Morgan fingerprint density at radius 3 is 2.53 bits per heavy atom. The molecule has 166 valence electrons. The smallest absolute Gasteiger partial charge is 0.334 e. The van der Waals surface area contributed by atoms with Gasteiger partial charge < -0.3 is 23.7 Å². The van der Waals surface area contributed by atoms with E-state index < -0.39 is 18.4 Å². The van der Waals surface area contributed by atoms with Crippen LogP contribution in [0, 0.1) is 0 Å². The lowest BCUT2D eigenvalue weighted by molar-refractivity contribution is -0.142. The Labute approximate surface area is 185 Å². The van der Waals surface area contributed by atoms with E-state index in [0.717, 1.165) is 11.1 Å². The van der Waals surface area contributed by atoms with Gasteiger partial charge in [0.2, 0.25) is 0 Å². The fraction of sp³-hybridized carbons (Fsp3) is 0.200. The van der Waals surface area contributed by atoms with Crippen LogP contribution in [-0.2, 0) is 20.9 Å². The highest BCUT2D eigenvalue weighted by atomic mass is 16.5. The Kier molecular flexibility index (Phi) is 7.70. The zero-order valence-electron chi connectivity index (χ0n) is 17.9. The summed E-state index contributed by atoms with van der Waals surface area (Å²) in [6.45, 7) is 2.23. The molecule has 2 aromatic carbocycles. The Bertz CT molecular complexity index is 1100. The number of carbonyl (C=O) groups is 2. The number of methoxy groups -OCH3 is 1. The maximum atomic E-state index is 12.0. The summed E-state index contributed by atoms with van der Waals surface area (Å²) in [6, 6.07) is 16.9. The van der Waals surface area contributed by atoms with E-state index in [1.54, 1.807) is 32.2 Å². The zero-order chi connectivity index (χ0) is 22.9. The number of ether oxygens (including phenoxy) is 3. The molecule has 0 aliphatic heterocycles. The van der Waals surface area contributed by atoms with Gasteiger partial charge in [-0.05, 0) is 42.8 Å². The number of carboxylic acid groups (broad SMARTS) is 1. The zero-order valence-corrected chi connectivity index (χ0v) is 17.9. The monoisotopic (exact) mass is 436 g/mol. The molecule has 0 aliphatic carbocycles. The molecule has 1 N–H and O–H groups in total. The lowest BCUT2D eigenvalue weighted by atomic mass is 10.1. The summed E-state index contributed by atoms with van der Waals surface area (Å²) in [4.78, 5) is 23.1. The summed E-state index contributed by atoms with van der Waals surface area (Å²) in [5.74, 6) is -0.117. The number of aliphatic carboxylic acids is 1. The van der Waals surface area contributed by atoms with E-state index in [4.69, 9.17) is 23.7 Å². The molecule has 0 spiro atoms. The fourth-order valence-electron chi connectivity index (χ4n) is 3.02. The molecule has 3 rings (SSSR count). The van der Waals surface area contributed by atoms with Crippen molar-refractivity contribution in [2.45, 2.75) is 20.0 Å². The first-order valence-electron chi connectivity index (χ1n) is 10.0. The topological polar surface area (TPSA) is 95.2 Å². The molecule has 0 fully saturated rings. The molecule has 0 saturated carbocycles. The van der Waals surface area contributed by atoms with Gasteiger partial charge in [-0.1, -0.05) is 30.3 Å². The van der Waals surface area contributed by atoms with Crippen LogP contribution in [0.25, 0.3) is 17.4 Å². The van der Waals surface area contributed by atoms with E-state index in [1.165, 1.54) is 12.3 Å². The van der Waals surface area contributed by atoms with Crippen molar-refractivity contribution in [1.29, 1.82) is 0 Å². The first-order valence-corrected chi connectivity index (χ1v) is 10.0. The first-order chi connectivity index (χ1) is 15.5. The van der Waals surface area contributed by atoms with Crippen molar-refractivity contribution in [3.05, 3.63) is 77.6 Å². The summed E-state index contributed by atoms with van der Waals surface area (Å²) in [5.41, 5.74) is 2.37. The van der Waals surface area contributed by atoms with Crippen LogP contribution < -0.4 is 9.47 Å². The van der Waals surface area contributed by atoms with Crippen LogP contribution in [0.3, 0.4) is 0 Å². The average molecular weight is 436 g/mol. The maximum Gasteiger partial charge on any atom is 0.334 e. The normalized spacial score (nSPS) is 11.1. The predicted molar refractivity (Wildman–Crippen MR) is 118 cm³/mol. The van der Waals surface area contributed by atoms with Crippen LogP contribution in [0.4, 0.5) is 0 Å². The van der Waals surface area contributed by atoms with Crippen LogP contribution in [0.15, 0.2) is 70.9 Å². The van der Waals surface area contributed by atoms with Crippen LogP contribution in [0.2, 0.25) is 0 Å². The standard InChI is InChI=1S/C25H24O7/c1-3-30-25(28)20(14-24(26)27)11-18-12-22(32-16-18)19-9-10-21(23(13-19)29-2)31-15-17-7-5-4-6-8-17/h4-13,16H,3,14-15H2,1-2H3,(H,26,27)/b20-11+. The quantitative estimate of drug-likeness (QED) is 0.355. The summed E-state index contributed by atoms with van der Waals surface area (Å²) in [5, 5.41) is 9.06. The molecular formula is C25H24O7. The minimum absolute atomic E-state index is 0.0361. The van der Waals surface area contributed by atoms with Gasteiger partial charge in [-0.25, -0.2) is 4.79 Å². The molecule has 0 aliphatic rings. The number of carboxylic acids is 1. The Hall–Kier alpha value is -4.00. The first kappa shape index (κ1) is 22.7. The van der Waals surface area contributed by atoms with Gasteiger partial charge in [-0.3, -0.25) is 4.79 Å². The number of carbonyl (C=O) groups excluding carboxylic acids is 1. The van der Waals surface area contributed by atoms with Gasteiger partial charge in [0.25, 0.3) is 0 Å². The number of benzene rings is 2. The van der Waals surface area contributed by atoms with Crippen molar-refractivity contribution in [1.82, 2.24) is 0 Å². The molecule has 3 aromatic rings. The number of furan rings is 1. The van der Waals surface area contributed by atoms with Gasteiger partial charge in [0.05, 0.1) is 26.4 Å². The Morgan fingerprint density at radius 2 is 1.84 bits per heavy atom. The molecule has 1 aromatic heterocycles. The summed E-state index contributed by atoms with van der Waals surface area (Å²) in [6.07, 6.45) is 2.46. The van der Waals surface area contributed by atoms with Gasteiger partial charge in [0, 0.05) is 16.7 Å². The molecule has 0 bridgehead atoms. The van der Waals surface area contributed by atoms with Gasteiger partial charge in [0.1, 0.15) is 12.4 Å². The van der Waals surface area contributed by atoms with Crippen molar-refractivity contribution < 1.29 is 33.3 Å². The summed E-state index contributed by atoms with van der Waals surface area (Å²) < 4.78 is 21.9. The van der Waals surface area contributed by atoms with Crippen LogP contribution >= 0.6 is 0 Å². The molecule has 32 heavy (non-hydrogen) atoms. The summed E-state index contributed by atoms with van der Waals surface area (Å²) >= 11 is 0. The second-order valence-corrected chi connectivity index (χ2v) is 6.84. The van der Waals surface area contributed by atoms with E-state index >= 15 is 0 Å². The van der Waals surface area contributed by atoms with Gasteiger partial charge in [-0.2, -0.15) is 0 Å². The predicted octanol–water partition coefficient (Wildman–Crippen LogP) is 4.96. The number of hydrogen-bond donors (Lipinski definition) is 1. The molecule has 0 unspecified atom stereocenters. The molecule has 7 heteroatoms. The molecular weight excluding hydrogens is 412 g/mol. The maximum absolute atomic E-state index is 12.0. The second-order valence-electron chi connectivity index (χ2n) is 6.84. The number of rotatable bonds is 10. The van der Waals surface area contributed by atoms with Crippen molar-refractivity contribution >= 4 is 18.0 Å². The third kappa shape index (κ3) is 6.01. The van der Waals surface area contributed by atoms with E-state index in [9.17, 15) is 9.59 Å². The van der Waals surface area contributed by atoms with E-state index in [-0.39, 0.29) is 12.2 Å². The Balaban J connectivity index is 1.79. The van der Waals surface area contributed by atoms with Gasteiger partial charge in [0.15, 0.2) is 11.5 Å². The van der Waals surface area contributed by atoms with Crippen molar-refractivity contribution in [3.8, 4) is 22.8 Å². The van der Waals surface area contributed by atoms with Crippen molar-refractivity contribution in [2.75, 3.05) is 13.7 Å². The minimum Gasteiger partial charge on any atom is -0.493 e. The largest absolute Gasteiger partial charge is 0.493 e. The molecule has 0 atom stereocenters. The third-order valence-corrected chi connectivity index (χ3v) is 4.53. The fourth-order valence-corrected chi connectivity index (χ4v) is 3.02. The van der Waals surface area contributed by atoms with Crippen LogP contribution in [-0.4, -0.2) is 30.8 Å². The van der Waals surface area contributed by atoms with Gasteiger partial charge >= 0.3 is 11.9 Å². The van der Waals surface area contributed by atoms with Crippen LogP contribution in [0.5, 0.6) is 11.5 Å². The lowest BCUT2D eigenvalue weighted by Crippen LogP contribution is -2.11. The van der Waals surface area contributed by atoms with E-state index in [0.29, 0.717) is 29.4 Å². The number of hydrogen-bond acceptors (Lipinski definition) is 6. The minimum atomic E-state index is -1.12. The summed E-state index contributed by atoms with van der Waals surface area (Å²) in [7, 11) is 1.56. The van der Waals surface area contributed by atoms with E-state index in [2.05, 4.69) is 0 Å². The SMILES string of the molecule is CCOC(=O)/C(=C/c1coc(-c2ccc(OCc3ccccc3)c(OC)c2)c1)CC(=O)O. The highest BCUT2D eigenvalue weighted by molar-refractivity contribution is 5.98. The van der Waals surface area contributed by atoms with E-state index in [1.807, 2.05) is 36.4 Å². The molecule has 1 heterocycles. The Morgan fingerprint density at radius 1 is 1.06 bits per heavy atom. The van der Waals surface area contributed by atoms with Crippen LogP contribution in [0.1, 0.15) is 24.5 Å². The van der Waals surface area contributed by atoms with Crippen molar-refractivity contribution in [3.63, 3.8) is 0 Å². The van der Waals surface area contributed by atoms with Gasteiger partial charge in [-0.15, -0.1) is 0 Å². The molecule has 0 saturated heterocycles. The average Bonchev–Trinajstić information content (AvgIpc) is 3.26.